The fourth-order valence-corrected chi connectivity index (χ4v) is 4.69. The first kappa shape index (κ1) is 16.1. The van der Waals surface area contributed by atoms with Crippen LogP contribution in [0.3, 0.4) is 0 Å². The lowest BCUT2D eigenvalue weighted by Gasteiger charge is -2.23. The minimum absolute atomic E-state index is 0.0409. The summed E-state index contributed by atoms with van der Waals surface area (Å²) in [5, 5.41) is 8.83. The largest absolute Gasteiger partial charge is 0.349 e. The van der Waals surface area contributed by atoms with Gasteiger partial charge in [-0.2, -0.15) is 5.10 Å². The van der Waals surface area contributed by atoms with Crippen LogP contribution < -0.4 is 5.32 Å². The molecule has 5 heteroatoms. The van der Waals surface area contributed by atoms with Gasteiger partial charge < -0.3 is 5.32 Å². The van der Waals surface area contributed by atoms with Crippen molar-refractivity contribution >= 4 is 32.7 Å². The van der Waals surface area contributed by atoms with Crippen molar-refractivity contribution in [2.75, 3.05) is 0 Å². The van der Waals surface area contributed by atoms with Gasteiger partial charge in [-0.05, 0) is 37.8 Å². The molecule has 0 atom stereocenters. The highest BCUT2D eigenvalue weighted by atomic mass is 79.9. The Morgan fingerprint density at radius 2 is 1.79 bits per heavy atom. The van der Waals surface area contributed by atoms with Gasteiger partial charge in [0.15, 0.2) is 0 Å². The molecule has 0 saturated heterocycles. The fourth-order valence-electron chi connectivity index (χ4n) is 4.25. The molecular weight excluding hydrogens is 366 g/mol. The first-order valence-electron chi connectivity index (χ1n) is 9.20. The van der Waals surface area contributed by atoms with Crippen molar-refractivity contribution in [1.29, 1.82) is 0 Å². The van der Waals surface area contributed by atoms with E-state index in [1.54, 1.807) is 0 Å². The van der Waals surface area contributed by atoms with Gasteiger partial charge in [-0.1, -0.05) is 48.0 Å². The highest BCUT2D eigenvalue weighted by Gasteiger charge is 2.23. The van der Waals surface area contributed by atoms with Crippen molar-refractivity contribution in [3.05, 3.63) is 28.4 Å². The number of aromatic nitrogens is 2. The number of rotatable bonds is 3. The monoisotopic (exact) mass is 389 g/mol. The summed E-state index contributed by atoms with van der Waals surface area (Å²) in [4.78, 5) is 12.8. The van der Waals surface area contributed by atoms with Gasteiger partial charge in [-0.3, -0.25) is 9.48 Å². The van der Waals surface area contributed by atoms with Crippen LogP contribution in [0.1, 0.15) is 74.2 Å². The molecule has 1 heterocycles. The lowest BCUT2D eigenvalue weighted by Crippen LogP contribution is -2.36. The third-order valence-corrected chi connectivity index (χ3v) is 5.99. The zero-order valence-electron chi connectivity index (χ0n) is 13.9. The van der Waals surface area contributed by atoms with E-state index in [2.05, 4.69) is 37.1 Å². The summed E-state index contributed by atoms with van der Waals surface area (Å²) in [6.45, 7) is 0. The zero-order valence-corrected chi connectivity index (χ0v) is 15.5. The molecule has 1 N–H and O–H groups in total. The van der Waals surface area contributed by atoms with Crippen LogP contribution in [-0.4, -0.2) is 21.7 Å². The molecule has 2 aliphatic carbocycles. The SMILES string of the molecule is O=C(NC1CCCCC1)c1cc(Br)cc2c1cnn2C1CCCC1. The molecule has 2 aromatic rings. The smallest absolute Gasteiger partial charge is 0.252 e. The summed E-state index contributed by atoms with van der Waals surface area (Å²) in [6.07, 6.45) is 12.7. The number of hydrogen-bond donors (Lipinski definition) is 1. The Morgan fingerprint density at radius 1 is 1.08 bits per heavy atom. The number of nitrogens with one attached hydrogen (secondary N) is 1. The van der Waals surface area contributed by atoms with Gasteiger partial charge in [0.1, 0.15) is 0 Å². The first-order valence-corrected chi connectivity index (χ1v) is 9.99. The maximum atomic E-state index is 12.8. The summed E-state index contributed by atoms with van der Waals surface area (Å²) in [6, 6.07) is 4.83. The number of benzene rings is 1. The fraction of sp³-hybridized carbons (Fsp3) is 0.579. The molecule has 4 rings (SSSR count). The maximum absolute atomic E-state index is 12.8. The van der Waals surface area contributed by atoms with Crippen LogP contribution >= 0.6 is 15.9 Å². The second-order valence-corrected chi connectivity index (χ2v) is 8.14. The Kier molecular flexibility index (Phi) is 4.61. The lowest BCUT2D eigenvalue weighted by molar-refractivity contribution is 0.0929. The van der Waals surface area contributed by atoms with Crippen molar-refractivity contribution in [2.24, 2.45) is 0 Å². The van der Waals surface area contributed by atoms with Gasteiger partial charge in [0.05, 0.1) is 23.3 Å². The van der Waals surface area contributed by atoms with Gasteiger partial charge >= 0.3 is 0 Å². The maximum Gasteiger partial charge on any atom is 0.252 e. The molecule has 0 aliphatic heterocycles. The third-order valence-electron chi connectivity index (χ3n) is 5.54. The Labute approximate surface area is 151 Å². The lowest BCUT2D eigenvalue weighted by atomic mass is 9.95. The average molecular weight is 390 g/mol. The van der Waals surface area contributed by atoms with Crippen molar-refractivity contribution in [3.63, 3.8) is 0 Å². The summed E-state index contributed by atoms with van der Waals surface area (Å²) in [7, 11) is 0. The van der Waals surface area contributed by atoms with Crippen LogP contribution in [0.15, 0.2) is 22.8 Å². The Bertz CT molecular complexity index is 742. The van der Waals surface area contributed by atoms with Crippen LogP contribution in [0.5, 0.6) is 0 Å². The molecule has 0 radical (unpaired) electrons. The normalized spacial score (nSPS) is 19.9. The van der Waals surface area contributed by atoms with Crippen LogP contribution in [-0.2, 0) is 0 Å². The number of fused-ring (bicyclic) bond motifs is 1. The van der Waals surface area contributed by atoms with Crippen LogP contribution in [0.2, 0.25) is 0 Å². The van der Waals surface area contributed by atoms with E-state index in [0.29, 0.717) is 12.1 Å². The van der Waals surface area contributed by atoms with E-state index in [-0.39, 0.29) is 5.91 Å². The summed E-state index contributed by atoms with van der Waals surface area (Å²) in [5.74, 6) is 0.0409. The second-order valence-electron chi connectivity index (χ2n) is 7.22. The molecule has 2 aliphatic rings. The van der Waals surface area contributed by atoms with E-state index < -0.39 is 0 Å². The molecule has 128 valence electrons. The van der Waals surface area contributed by atoms with E-state index >= 15 is 0 Å². The molecule has 2 saturated carbocycles. The van der Waals surface area contributed by atoms with Crippen LogP contribution in [0.25, 0.3) is 10.9 Å². The number of carbonyl (C=O) groups is 1. The quantitative estimate of drug-likeness (QED) is 0.804. The van der Waals surface area contributed by atoms with Crippen molar-refractivity contribution in [1.82, 2.24) is 15.1 Å². The van der Waals surface area contributed by atoms with Crippen molar-refractivity contribution in [2.45, 2.75) is 69.9 Å². The number of nitrogens with zero attached hydrogens (tertiary/aromatic N) is 2. The second kappa shape index (κ2) is 6.87. The van der Waals surface area contributed by atoms with E-state index in [4.69, 9.17) is 0 Å². The van der Waals surface area contributed by atoms with Crippen LogP contribution in [0, 0.1) is 0 Å². The Balaban J connectivity index is 1.65. The van der Waals surface area contributed by atoms with E-state index in [0.717, 1.165) is 33.8 Å². The number of amides is 1. The highest BCUT2D eigenvalue weighted by Crippen LogP contribution is 2.33. The minimum atomic E-state index is 0.0409. The van der Waals surface area contributed by atoms with Crippen molar-refractivity contribution in [3.8, 4) is 0 Å². The van der Waals surface area contributed by atoms with Gasteiger partial charge in [0, 0.05) is 15.9 Å². The first-order chi connectivity index (χ1) is 11.7. The van der Waals surface area contributed by atoms with Gasteiger partial charge in [-0.15, -0.1) is 0 Å². The minimum Gasteiger partial charge on any atom is -0.349 e. The Hall–Kier alpha value is -1.36. The number of hydrogen-bond acceptors (Lipinski definition) is 2. The molecule has 2 fully saturated rings. The van der Waals surface area contributed by atoms with E-state index in [1.165, 1.54) is 44.9 Å². The summed E-state index contributed by atoms with van der Waals surface area (Å²) < 4.78 is 3.08. The number of halogens is 1. The molecule has 0 spiro atoms. The Morgan fingerprint density at radius 3 is 2.54 bits per heavy atom. The molecule has 0 bridgehead atoms. The van der Waals surface area contributed by atoms with E-state index in [1.807, 2.05) is 12.3 Å². The third kappa shape index (κ3) is 3.10. The molecule has 1 aromatic carbocycles. The van der Waals surface area contributed by atoms with Crippen LogP contribution in [0.4, 0.5) is 0 Å². The van der Waals surface area contributed by atoms with Gasteiger partial charge in [0.25, 0.3) is 5.91 Å². The summed E-state index contributed by atoms with van der Waals surface area (Å²) in [5.41, 5.74) is 1.82. The molecule has 24 heavy (non-hydrogen) atoms. The standard InChI is InChI=1S/C19H24BrN3O/c20-13-10-16(19(24)22-14-6-2-1-3-7-14)17-12-21-23(18(17)11-13)15-8-4-5-9-15/h10-12,14-15H,1-9H2,(H,22,24). The predicted octanol–water partition coefficient (Wildman–Crippen LogP) is 4.98. The topological polar surface area (TPSA) is 46.9 Å². The van der Waals surface area contributed by atoms with Gasteiger partial charge in [0.2, 0.25) is 0 Å². The summed E-state index contributed by atoms with van der Waals surface area (Å²) >= 11 is 3.58. The molecular formula is C19H24BrN3O. The highest BCUT2D eigenvalue weighted by molar-refractivity contribution is 9.10. The molecule has 1 amide bonds. The van der Waals surface area contributed by atoms with Crippen molar-refractivity contribution < 1.29 is 4.79 Å². The molecule has 0 unspecified atom stereocenters. The van der Waals surface area contributed by atoms with Gasteiger partial charge in [-0.25, -0.2) is 0 Å². The molecule has 4 nitrogen and oxygen atoms in total. The molecule has 1 aromatic heterocycles. The number of carbonyl (C=O) groups excluding carboxylic acids is 1. The predicted molar refractivity (Wildman–Crippen MR) is 99.3 cm³/mol. The van der Waals surface area contributed by atoms with E-state index in [9.17, 15) is 4.79 Å². The zero-order chi connectivity index (χ0) is 16.5. The average Bonchev–Trinajstić information content (AvgIpc) is 3.23.